The largest absolute Gasteiger partial charge is 0.467 e. The second-order valence-corrected chi connectivity index (χ2v) is 7.87. The van der Waals surface area contributed by atoms with Crippen LogP contribution in [0.2, 0.25) is 0 Å². The lowest BCUT2D eigenvalue weighted by molar-refractivity contribution is -0.130. The Morgan fingerprint density at radius 1 is 1.32 bits per heavy atom. The summed E-state index contributed by atoms with van der Waals surface area (Å²) in [6.07, 6.45) is 5.26. The molecule has 0 spiro atoms. The molecule has 1 aliphatic rings. The van der Waals surface area contributed by atoms with E-state index in [0.717, 1.165) is 36.4 Å². The molecule has 1 amide bonds. The first-order valence-corrected chi connectivity index (χ1v) is 10.1. The van der Waals surface area contributed by atoms with Gasteiger partial charge in [-0.05, 0) is 57.7 Å². The number of nitrogens with one attached hydrogen (secondary N) is 1. The van der Waals surface area contributed by atoms with E-state index >= 15 is 0 Å². The highest BCUT2D eigenvalue weighted by atomic mass is 16.5. The van der Waals surface area contributed by atoms with Gasteiger partial charge in [-0.2, -0.15) is 0 Å². The Morgan fingerprint density at radius 3 is 2.75 bits per heavy atom. The van der Waals surface area contributed by atoms with E-state index in [1.54, 1.807) is 19.3 Å². The van der Waals surface area contributed by atoms with Crippen LogP contribution in [0.4, 0.5) is 0 Å². The molecule has 152 valence electrons. The van der Waals surface area contributed by atoms with Crippen molar-refractivity contribution in [2.75, 3.05) is 0 Å². The van der Waals surface area contributed by atoms with Gasteiger partial charge < -0.3 is 19.0 Å². The molecule has 0 bridgehead atoms. The van der Waals surface area contributed by atoms with Crippen molar-refractivity contribution in [1.29, 1.82) is 0 Å². The van der Waals surface area contributed by atoms with E-state index in [1.807, 2.05) is 30.5 Å². The second-order valence-electron chi connectivity index (χ2n) is 7.87. The van der Waals surface area contributed by atoms with Gasteiger partial charge in [-0.25, -0.2) is 4.79 Å². The molecular formula is C22H30N2O4. The standard InChI is InChI=1S/C22H30N2O4/c1-14-8-5-6-10-20(14)23-21(25)17(4)28-22(26)19-12-15(2)24(16(19)3)13-18-9-7-11-27-18/h7,9,11-12,14,17,20H,5-6,8,10,13H2,1-4H3,(H,23,25)/t14-,17+,20+/m0/s1. The average molecular weight is 386 g/mol. The van der Waals surface area contributed by atoms with Crippen LogP contribution in [0.5, 0.6) is 0 Å². The highest BCUT2D eigenvalue weighted by Crippen LogP contribution is 2.24. The molecule has 0 saturated heterocycles. The monoisotopic (exact) mass is 386 g/mol. The van der Waals surface area contributed by atoms with Crippen molar-refractivity contribution < 1.29 is 18.7 Å². The van der Waals surface area contributed by atoms with E-state index in [-0.39, 0.29) is 11.9 Å². The minimum Gasteiger partial charge on any atom is -0.467 e. The SMILES string of the molecule is Cc1cc(C(=O)O[C@H](C)C(=O)N[C@@H]2CCCC[C@@H]2C)c(C)n1Cc1ccco1. The number of rotatable bonds is 6. The topological polar surface area (TPSA) is 73.5 Å². The predicted molar refractivity (Wildman–Crippen MR) is 106 cm³/mol. The van der Waals surface area contributed by atoms with Crippen LogP contribution in [0.1, 0.15) is 67.0 Å². The molecule has 0 aromatic carbocycles. The Bertz CT molecular complexity index is 822. The predicted octanol–water partition coefficient (Wildman–Crippen LogP) is 3.99. The summed E-state index contributed by atoms with van der Waals surface area (Å²) in [5.41, 5.74) is 2.22. The van der Waals surface area contributed by atoms with Crippen molar-refractivity contribution in [3.63, 3.8) is 0 Å². The molecule has 1 saturated carbocycles. The number of esters is 1. The van der Waals surface area contributed by atoms with Gasteiger partial charge in [-0.1, -0.05) is 19.8 Å². The number of furan rings is 1. The number of carbonyl (C=O) groups excluding carboxylic acids is 2. The lowest BCUT2D eigenvalue weighted by atomic mass is 9.86. The normalized spacial score (nSPS) is 20.6. The van der Waals surface area contributed by atoms with Gasteiger partial charge in [0.2, 0.25) is 0 Å². The fourth-order valence-electron chi connectivity index (χ4n) is 3.92. The van der Waals surface area contributed by atoms with Crippen molar-refractivity contribution in [3.8, 4) is 0 Å². The summed E-state index contributed by atoms with van der Waals surface area (Å²) in [6.45, 7) is 8.15. The number of aromatic nitrogens is 1. The van der Waals surface area contributed by atoms with Crippen molar-refractivity contribution in [3.05, 3.63) is 47.2 Å². The fraction of sp³-hybridized carbons (Fsp3) is 0.545. The quantitative estimate of drug-likeness (QED) is 0.762. The molecule has 6 heteroatoms. The van der Waals surface area contributed by atoms with Gasteiger partial charge in [0, 0.05) is 17.4 Å². The first-order valence-electron chi connectivity index (χ1n) is 10.1. The number of aryl methyl sites for hydroxylation is 1. The third kappa shape index (κ3) is 4.49. The molecule has 2 heterocycles. The zero-order valence-corrected chi connectivity index (χ0v) is 17.2. The van der Waals surface area contributed by atoms with Crippen LogP contribution in [0.15, 0.2) is 28.9 Å². The number of amides is 1. The zero-order chi connectivity index (χ0) is 20.3. The highest BCUT2D eigenvalue weighted by Gasteiger charge is 2.27. The summed E-state index contributed by atoms with van der Waals surface area (Å²) in [6, 6.07) is 5.71. The first-order chi connectivity index (χ1) is 13.4. The third-order valence-electron chi connectivity index (χ3n) is 5.78. The summed E-state index contributed by atoms with van der Waals surface area (Å²) in [4.78, 5) is 25.2. The Morgan fingerprint density at radius 2 is 2.07 bits per heavy atom. The minimum atomic E-state index is -0.824. The summed E-state index contributed by atoms with van der Waals surface area (Å²) in [5.74, 6) is 0.576. The van der Waals surface area contributed by atoms with Crippen LogP contribution in [-0.4, -0.2) is 28.6 Å². The molecule has 0 aliphatic heterocycles. The van der Waals surface area contributed by atoms with Gasteiger partial charge in [-0.3, -0.25) is 4.79 Å². The van der Waals surface area contributed by atoms with Gasteiger partial charge in [0.05, 0.1) is 18.4 Å². The van der Waals surface area contributed by atoms with Gasteiger partial charge >= 0.3 is 5.97 Å². The van der Waals surface area contributed by atoms with Gasteiger partial charge in [0.25, 0.3) is 5.91 Å². The molecule has 3 atom stereocenters. The Balaban J connectivity index is 1.63. The molecule has 1 aliphatic carbocycles. The molecule has 2 aromatic rings. The number of hydrogen-bond acceptors (Lipinski definition) is 4. The Kier molecular flexibility index (Phi) is 6.27. The number of nitrogens with zero attached hydrogens (tertiary/aromatic N) is 1. The minimum absolute atomic E-state index is 0.167. The van der Waals surface area contributed by atoms with Crippen molar-refractivity contribution in [2.24, 2.45) is 5.92 Å². The lowest BCUT2D eigenvalue weighted by Gasteiger charge is -2.30. The van der Waals surface area contributed by atoms with E-state index in [1.165, 1.54) is 6.42 Å². The van der Waals surface area contributed by atoms with Gasteiger partial charge in [0.1, 0.15) is 5.76 Å². The summed E-state index contributed by atoms with van der Waals surface area (Å²) < 4.78 is 12.9. The Labute approximate surface area is 166 Å². The summed E-state index contributed by atoms with van der Waals surface area (Å²) in [5, 5.41) is 3.05. The molecule has 1 fully saturated rings. The molecule has 3 rings (SSSR count). The van der Waals surface area contributed by atoms with Crippen molar-refractivity contribution >= 4 is 11.9 Å². The zero-order valence-electron chi connectivity index (χ0n) is 17.2. The lowest BCUT2D eigenvalue weighted by Crippen LogP contribution is -2.46. The molecule has 0 radical (unpaired) electrons. The molecule has 1 N–H and O–H groups in total. The highest BCUT2D eigenvalue weighted by molar-refractivity contribution is 5.93. The van der Waals surface area contributed by atoms with E-state index in [2.05, 4.69) is 12.2 Å². The fourth-order valence-corrected chi connectivity index (χ4v) is 3.92. The first kappa shape index (κ1) is 20.2. The number of carbonyl (C=O) groups is 2. The van der Waals surface area contributed by atoms with E-state index in [4.69, 9.17) is 9.15 Å². The molecule has 2 aromatic heterocycles. The molecule has 6 nitrogen and oxygen atoms in total. The maximum Gasteiger partial charge on any atom is 0.340 e. The number of ether oxygens (including phenoxy) is 1. The maximum absolute atomic E-state index is 12.7. The molecule has 28 heavy (non-hydrogen) atoms. The van der Waals surface area contributed by atoms with E-state index in [0.29, 0.717) is 18.0 Å². The van der Waals surface area contributed by atoms with Crippen LogP contribution >= 0.6 is 0 Å². The van der Waals surface area contributed by atoms with Crippen molar-refractivity contribution in [2.45, 2.75) is 72.1 Å². The molecule has 0 unspecified atom stereocenters. The van der Waals surface area contributed by atoms with Crippen LogP contribution in [-0.2, 0) is 16.1 Å². The smallest absolute Gasteiger partial charge is 0.340 e. The van der Waals surface area contributed by atoms with E-state index in [9.17, 15) is 9.59 Å². The second kappa shape index (κ2) is 8.67. The van der Waals surface area contributed by atoms with Crippen LogP contribution in [0.3, 0.4) is 0 Å². The molecular weight excluding hydrogens is 356 g/mol. The Hall–Kier alpha value is -2.50. The summed E-state index contributed by atoms with van der Waals surface area (Å²) in [7, 11) is 0. The third-order valence-corrected chi connectivity index (χ3v) is 5.78. The van der Waals surface area contributed by atoms with Gasteiger partial charge in [0.15, 0.2) is 6.10 Å². The van der Waals surface area contributed by atoms with Gasteiger partial charge in [-0.15, -0.1) is 0 Å². The van der Waals surface area contributed by atoms with Crippen LogP contribution < -0.4 is 5.32 Å². The van der Waals surface area contributed by atoms with Crippen LogP contribution in [0, 0.1) is 19.8 Å². The number of hydrogen-bond donors (Lipinski definition) is 1. The summed E-state index contributed by atoms with van der Waals surface area (Å²) >= 11 is 0. The van der Waals surface area contributed by atoms with Crippen molar-refractivity contribution in [1.82, 2.24) is 9.88 Å². The van der Waals surface area contributed by atoms with Crippen LogP contribution in [0.25, 0.3) is 0 Å². The maximum atomic E-state index is 12.7. The average Bonchev–Trinajstić information content (AvgIpc) is 3.27. The van der Waals surface area contributed by atoms with E-state index < -0.39 is 12.1 Å².